The summed E-state index contributed by atoms with van der Waals surface area (Å²) in [6.07, 6.45) is 0. The second-order valence-corrected chi connectivity index (χ2v) is 5.27. The average Bonchev–Trinajstić information content (AvgIpc) is 2.39. The van der Waals surface area contributed by atoms with Crippen molar-refractivity contribution in [1.29, 1.82) is 0 Å². The third-order valence-electron chi connectivity index (χ3n) is 2.26. The van der Waals surface area contributed by atoms with Gasteiger partial charge in [-0.15, -0.1) is 0 Å². The van der Waals surface area contributed by atoms with Gasteiger partial charge >= 0.3 is 0 Å². The fourth-order valence-electron chi connectivity index (χ4n) is 1.42. The molecule has 18 heavy (non-hydrogen) atoms. The lowest BCUT2D eigenvalue weighted by Gasteiger charge is -2.07. The Labute approximate surface area is 105 Å². The molecule has 1 aromatic carbocycles. The summed E-state index contributed by atoms with van der Waals surface area (Å²) in [7, 11) is -3.63. The Kier molecular flexibility index (Phi) is 3.59. The van der Waals surface area contributed by atoms with Gasteiger partial charge in [0.25, 0.3) is 10.0 Å². The van der Waals surface area contributed by atoms with Crippen LogP contribution in [0.15, 0.2) is 53.4 Å². The van der Waals surface area contributed by atoms with Gasteiger partial charge in [-0.05, 0) is 24.3 Å². The third-order valence-corrected chi connectivity index (χ3v) is 3.63. The molecule has 0 atom stereocenters. The summed E-state index contributed by atoms with van der Waals surface area (Å²) in [5.74, 6) is 0.186. The molecule has 1 aromatic heterocycles. The van der Waals surface area contributed by atoms with Gasteiger partial charge in [-0.2, -0.15) is 0 Å². The summed E-state index contributed by atoms with van der Waals surface area (Å²) >= 11 is 0. The zero-order valence-corrected chi connectivity index (χ0v) is 10.3. The van der Waals surface area contributed by atoms with Crippen molar-refractivity contribution in [2.45, 2.75) is 11.5 Å². The van der Waals surface area contributed by atoms with Gasteiger partial charge < -0.3 is 5.11 Å². The molecule has 0 bridgehead atoms. The van der Waals surface area contributed by atoms with E-state index >= 15 is 0 Å². The molecular weight excluding hydrogens is 252 g/mol. The second kappa shape index (κ2) is 5.16. The van der Waals surface area contributed by atoms with E-state index in [-0.39, 0.29) is 17.3 Å². The molecule has 0 saturated heterocycles. The number of sulfonamides is 1. The highest BCUT2D eigenvalue weighted by molar-refractivity contribution is 7.92. The summed E-state index contributed by atoms with van der Waals surface area (Å²) in [6.45, 7) is -0.235. The number of aliphatic hydroxyl groups is 1. The van der Waals surface area contributed by atoms with Crippen LogP contribution in [0.1, 0.15) is 5.69 Å². The molecule has 0 spiro atoms. The minimum atomic E-state index is -3.63. The summed E-state index contributed by atoms with van der Waals surface area (Å²) in [5.41, 5.74) is 0.406. The predicted molar refractivity (Wildman–Crippen MR) is 67.4 cm³/mol. The van der Waals surface area contributed by atoms with Gasteiger partial charge in [-0.25, -0.2) is 13.4 Å². The maximum atomic E-state index is 12.0. The number of aliphatic hydroxyl groups excluding tert-OH is 1. The van der Waals surface area contributed by atoms with E-state index < -0.39 is 10.0 Å². The van der Waals surface area contributed by atoms with Crippen LogP contribution in [0, 0.1) is 0 Å². The topological polar surface area (TPSA) is 79.3 Å². The minimum absolute atomic E-state index is 0.168. The molecule has 1 heterocycles. The van der Waals surface area contributed by atoms with Gasteiger partial charge in [0.05, 0.1) is 17.2 Å². The molecule has 2 aromatic rings. The summed E-state index contributed by atoms with van der Waals surface area (Å²) in [6, 6.07) is 12.8. The lowest BCUT2D eigenvalue weighted by molar-refractivity contribution is 0.277. The smallest absolute Gasteiger partial charge is 0.263 e. The van der Waals surface area contributed by atoms with Gasteiger partial charge in [0, 0.05) is 0 Å². The van der Waals surface area contributed by atoms with Crippen molar-refractivity contribution >= 4 is 15.8 Å². The highest BCUT2D eigenvalue weighted by atomic mass is 32.2. The van der Waals surface area contributed by atoms with Crippen LogP contribution in [0.5, 0.6) is 0 Å². The number of rotatable bonds is 4. The molecule has 0 saturated carbocycles. The van der Waals surface area contributed by atoms with Gasteiger partial charge in [-0.1, -0.05) is 24.3 Å². The van der Waals surface area contributed by atoms with Crippen molar-refractivity contribution in [3.05, 3.63) is 54.2 Å². The van der Waals surface area contributed by atoms with Crippen molar-refractivity contribution in [1.82, 2.24) is 4.98 Å². The van der Waals surface area contributed by atoms with Gasteiger partial charge in [-0.3, -0.25) is 4.72 Å². The van der Waals surface area contributed by atoms with Gasteiger partial charge in [0.15, 0.2) is 0 Å². The normalized spacial score (nSPS) is 11.2. The first-order chi connectivity index (χ1) is 8.62. The number of hydrogen-bond acceptors (Lipinski definition) is 4. The Morgan fingerprint density at radius 3 is 2.44 bits per heavy atom. The number of benzene rings is 1. The highest BCUT2D eigenvalue weighted by Crippen LogP contribution is 2.14. The number of anilines is 1. The van der Waals surface area contributed by atoms with E-state index in [0.717, 1.165) is 0 Å². The molecule has 0 radical (unpaired) electrons. The van der Waals surface area contributed by atoms with Crippen LogP contribution in [0.3, 0.4) is 0 Å². The Bertz CT molecular complexity index is 627. The Morgan fingerprint density at radius 2 is 1.78 bits per heavy atom. The minimum Gasteiger partial charge on any atom is -0.390 e. The standard InChI is InChI=1S/C12H12N2O3S/c15-9-10-5-4-8-12(13-10)14-18(16,17)11-6-2-1-3-7-11/h1-8,15H,9H2,(H,13,14). The molecule has 6 heteroatoms. The van der Waals surface area contributed by atoms with E-state index in [1.165, 1.54) is 18.2 Å². The monoisotopic (exact) mass is 264 g/mol. The lowest BCUT2D eigenvalue weighted by atomic mass is 10.3. The van der Waals surface area contributed by atoms with Gasteiger partial charge in [0.1, 0.15) is 5.82 Å². The number of nitrogens with zero attached hydrogens (tertiary/aromatic N) is 1. The number of hydrogen-bond donors (Lipinski definition) is 2. The molecule has 2 rings (SSSR count). The van der Waals surface area contributed by atoms with E-state index in [9.17, 15) is 8.42 Å². The second-order valence-electron chi connectivity index (χ2n) is 3.59. The van der Waals surface area contributed by atoms with Crippen LogP contribution in [0.2, 0.25) is 0 Å². The van der Waals surface area contributed by atoms with Gasteiger partial charge in [0.2, 0.25) is 0 Å². The van der Waals surface area contributed by atoms with Crippen LogP contribution < -0.4 is 4.72 Å². The Hall–Kier alpha value is -1.92. The molecule has 5 nitrogen and oxygen atoms in total. The third kappa shape index (κ3) is 2.85. The Balaban J connectivity index is 2.28. The molecule has 0 aliphatic carbocycles. The molecule has 0 aliphatic heterocycles. The largest absolute Gasteiger partial charge is 0.390 e. The van der Waals surface area contributed by atoms with E-state index in [2.05, 4.69) is 9.71 Å². The maximum absolute atomic E-state index is 12.0. The summed E-state index contributed by atoms with van der Waals surface area (Å²) in [4.78, 5) is 4.13. The zero-order chi connectivity index (χ0) is 13.0. The molecular formula is C12H12N2O3S. The van der Waals surface area contributed by atoms with E-state index in [1.807, 2.05) is 0 Å². The first kappa shape index (κ1) is 12.5. The quantitative estimate of drug-likeness (QED) is 0.874. The van der Waals surface area contributed by atoms with Crippen LogP contribution in [0.4, 0.5) is 5.82 Å². The number of pyridine rings is 1. The first-order valence-electron chi connectivity index (χ1n) is 5.26. The molecule has 0 fully saturated rings. The SMILES string of the molecule is O=S(=O)(Nc1cccc(CO)n1)c1ccccc1. The fraction of sp³-hybridized carbons (Fsp3) is 0.0833. The van der Waals surface area contributed by atoms with Crippen LogP contribution in [-0.2, 0) is 16.6 Å². The summed E-state index contributed by atoms with van der Waals surface area (Å²) in [5, 5.41) is 8.94. The molecule has 2 N–H and O–H groups in total. The van der Waals surface area contributed by atoms with Crippen molar-refractivity contribution in [2.75, 3.05) is 4.72 Å². The highest BCUT2D eigenvalue weighted by Gasteiger charge is 2.13. The molecule has 94 valence electrons. The summed E-state index contributed by atoms with van der Waals surface area (Å²) < 4.78 is 26.3. The average molecular weight is 264 g/mol. The fourth-order valence-corrected chi connectivity index (χ4v) is 2.44. The lowest BCUT2D eigenvalue weighted by Crippen LogP contribution is -2.14. The van der Waals surface area contributed by atoms with Crippen molar-refractivity contribution in [3.8, 4) is 0 Å². The Morgan fingerprint density at radius 1 is 1.06 bits per heavy atom. The maximum Gasteiger partial charge on any atom is 0.263 e. The number of nitrogens with one attached hydrogen (secondary N) is 1. The van der Waals surface area contributed by atoms with E-state index in [0.29, 0.717) is 5.69 Å². The van der Waals surface area contributed by atoms with E-state index in [1.54, 1.807) is 30.3 Å². The molecule has 0 amide bonds. The number of aromatic nitrogens is 1. The zero-order valence-electron chi connectivity index (χ0n) is 9.45. The van der Waals surface area contributed by atoms with Crippen LogP contribution in [-0.4, -0.2) is 18.5 Å². The van der Waals surface area contributed by atoms with Crippen LogP contribution in [0.25, 0.3) is 0 Å². The van der Waals surface area contributed by atoms with Crippen molar-refractivity contribution in [3.63, 3.8) is 0 Å². The molecule has 0 aliphatic rings. The van der Waals surface area contributed by atoms with Crippen LogP contribution >= 0.6 is 0 Å². The van der Waals surface area contributed by atoms with Crippen molar-refractivity contribution < 1.29 is 13.5 Å². The predicted octanol–water partition coefficient (Wildman–Crippen LogP) is 1.37. The molecule has 0 unspecified atom stereocenters. The first-order valence-corrected chi connectivity index (χ1v) is 6.75. The van der Waals surface area contributed by atoms with Crippen molar-refractivity contribution in [2.24, 2.45) is 0 Å². The van der Waals surface area contributed by atoms with E-state index in [4.69, 9.17) is 5.11 Å².